The summed E-state index contributed by atoms with van der Waals surface area (Å²) >= 11 is 1.78. The SMILES string of the molecule is c1ccc(CN2CCCCC2c2cccnc2Sc2ccccc2)cc1. The third kappa shape index (κ3) is 4.17. The molecule has 0 aliphatic carbocycles. The monoisotopic (exact) mass is 360 g/mol. The molecule has 26 heavy (non-hydrogen) atoms. The molecule has 0 radical (unpaired) electrons. The number of rotatable bonds is 5. The first-order chi connectivity index (χ1) is 12.9. The van der Waals surface area contributed by atoms with Crippen LogP contribution in [-0.4, -0.2) is 16.4 Å². The summed E-state index contributed by atoms with van der Waals surface area (Å²) in [4.78, 5) is 8.60. The van der Waals surface area contributed by atoms with E-state index in [2.05, 4.69) is 77.7 Å². The average molecular weight is 361 g/mol. The molecule has 4 rings (SSSR count). The summed E-state index contributed by atoms with van der Waals surface area (Å²) in [6, 6.07) is 26.2. The van der Waals surface area contributed by atoms with Crippen molar-refractivity contribution >= 4 is 11.8 Å². The zero-order valence-electron chi connectivity index (χ0n) is 14.9. The van der Waals surface area contributed by atoms with Gasteiger partial charge in [0.05, 0.1) is 0 Å². The van der Waals surface area contributed by atoms with Gasteiger partial charge in [-0.2, -0.15) is 0 Å². The van der Waals surface area contributed by atoms with Gasteiger partial charge in [-0.15, -0.1) is 0 Å². The highest BCUT2D eigenvalue weighted by Crippen LogP contribution is 2.38. The van der Waals surface area contributed by atoms with Crippen LogP contribution in [0.4, 0.5) is 0 Å². The molecule has 1 saturated heterocycles. The number of pyridine rings is 1. The highest BCUT2D eigenvalue weighted by atomic mass is 32.2. The Morgan fingerprint density at radius 2 is 1.65 bits per heavy atom. The minimum atomic E-state index is 0.448. The van der Waals surface area contributed by atoms with Gasteiger partial charge in [-0.25, -0.2) is 4.98 Å². The minimum Gasteiger partial charge on any atom is -0.292 e. The Balaban J connectivity index is 1.60. The van der Waals surface area contributed by atoms with E-state index < -0.39 is 0 Å². The number of hydrogen-bond acceptors (Lipinski definition) is 3. The number of aromatic nitrogens is 1. The second-order valence-electron chi connectivity index (χ2n) is 6.78. The van der Waals surface area contributed by atoms with Gasteiger partial charge in [-0.05, 0) is 43.1 Å². The molecule has 132 valence electrons. The van der Waals surface area contributed by atoms with Crippen LogP contribution in [0.3, 0.4) is 0 Å². The van der Waals surface area contributed by atoms with Crippen LogP contribution in [0.15, 0.2) is 88.9 Å². The van der Waals surface area contributed by atoms with E-state index in [0.29, 0.717) is 6.04 Å². The third-order valence-electron chi connectivity index (χ3n) is 4.96. The van der Waals surface area contributed by atoms with Crippen molar-refractivity contribution in [1.82, 2.24) is 9.88 Å². The summed E-state index contributed by atoms with van der Waals surface area (Å²) in [6.45, 7) is 2.17. The number of nitrogens with zero attached hydrogens (tertiary/aromatic N) is 2. The van der Waals surface area contributed by atoms with Gasteiger partial charge in [-0.1, -0.05) is 72.8 Å². The summed E-state index contributed by atoms with van der Waals surface area (Å²) in [5.41, 5.74) is 2.76. The smallest absolute Gasteiger partial charge is 0.105 e. The standard InChI is InChI=1S/C23H24N2S/c1-3-10-19(11-4-1)18-25-17-8-7-15-22(25)21-14-9-16-24-23(21)26-20-12-5-2-6-13-20/h1-6,9-14,16,22H,7-8,15,17-18H2. The summed E-state index contributed by atoms with van der Waals surface area (Å²) in [7, 11) is 0. The Hall–Kier alpha value is -2.10. The second-order valence-corrected chi connectivity index (χ2v) is 7.84. The zero-order chi connectivity index (χ0) is 17.6. The van der Waals surface area contributed by atoms with E-state index in [1.807, 2.05) is 6.20 Å². The van der Waals surface area contributed by atoms with Crippen LogP contribution < -0.4 is 0 Å². The minimum absolute atomic E-state index is 0.448. The third-order valence-corrected chi connectivity index (χ3v) is 6.00. The van der Waals surface area contributed by atoms with Crippen molar-refractivity contribution in [3.8, 4) is 0 Å². The molecular formula is C23H24N2S. The first kappa shape index (κ1) is 17.3. The van der Waals surface area contributed by atoms with Gasteiger partial charge in [0.1, 0.15) is 5.03 Å². The lowest BCUT2D eigenvalue weighted by molar-refractivity contribution is 0.138. The molecule has 1 aliphatic rings. The highest BCUT2D eigenvalue weighted by Gasteiger charge is 2.26. The Bertz CT molecular complexity index is 820. The Morgan fingerprint density at radius 3 is 2.46 bits per heavy atom. The van der Waals surface area contributed by atoms with Crippen molar-refractivity contribution < 1.29 is 0 Å². The molecule has 0 saturated carbocycles. The summed E-state index contributed by atoms with van der Waals surface area (Å²) in [6.07, 6.45) is 5.70. The molecule has 1 unspecified atom stereocenters. The van der Waals surface area contributed by atoms with Crippen molar-refractivity contribution in [1.29, 1.82) is 0 Å². The molecular weight excluding hydrogens is 336 g/mol. The first-order valence-corrected chi connectivity index (χ1v) is 10.2. The quantitative estimate of drug-likeness (QED) is 0.558. The summed E-state index contributed by atoms with van der Waals surface area (Å²) in [5, 5.41) is 1.14. The summed E-state index contributed by atoms with van der Waals surface area (Å²) in [5.74, 6) is 0. The van der Waals surface area contributed by atoms with E-state index in [0.717, 1.165) is 18.1 Å². The second kappa shape index (κ2) is 8.52. The van der Waals surface area contributed by atoms with Crippen LogP contribution in [0.25, 0.3) is 0 Å². The predicted molar refractivity (Wildman–Crippen MR) is 108 cm³/mol. The first-order valence-electron chi connectivity index (χ1n) is 9.36. The largest absolute Gasteiger partial charge is 0.292 e. The van der Waals surface area contributed by atoms with Crippen LogP contribution in [0, 0.1) is 0 Å². The predicted octanol–water partition coefficient (Wildman–Crippen LogP) is 5.96. The molecule has 1 fully saturated rings. The van der Waals surface area contributed by atoms with Crippen molar-refractivity contribution in [2.75, 3.05) is 6.54 Å². The van der Waals surface area contributed by atoms with Crippen LogP contribution in [0.2, 0.25) is 0 Å². The lowest BCUT2D eigenvalue weighted by Crippen LogP contribution is -2.33. The van der Waals surface area contributed by atoms with Crippen LogP contribution in [0.1, 0.15) is 36.4 Å². The highest BCUT2D eigenvalue weighted by molar-refractivity contribution is 7.99. The lowest BCUT2D eigenvalue weighted by Gasteiger charge is -2.36. The molecule has 1 atom stereocenters. The molecule has 1 aliphatic heterocycles. The molecule has 2 aromatic carbocycles. The average Bonchev–Trinajstić information content (AvgIpc) is 2.71. The van der Waals surface area contributed by atoms with Crippen molar-refractivity contribution in [2.24, 2.45) is 0 Å². The molecule has 0 bridgehead atoms. The topological polar surface area (TPSA) is 16.1 Å². The van der Waals surface area contributed by atoms with Crippen molar-refractivity contribution in [2.45, 2.75) is 41.8 Å². The molecule has 0 amide bonds. The van der Waals surface area contributed by atoms with E-state index in [-0.39, 0.29) is 0 Å². The fourth-order valence-electron chi connectivity index (χ4n) is 3.69. The number of piperidine rings is 1. The van der Waals surface area contributed by atoms with Crippen LogP contribution >= 0.6 is 11.8 Å². The van der Waals surface area contributed by atoms with Crippen molar-refractivity contribution in [3.63, 3.8) is 0 Å². The van der Waals surface area contributed by atoms with Gasteiger partial charge in [-0.3, -0.25) is 4.90 Å². The normalized spacial score (nSPS) is 17.9. The maximum absolute atomic E-state index is 4.73. The number of hydrogen-bond donors (Lipinski definition) is 0. The van der Waals surface area contributed by atoms with Gasteiger partial charge >= 0.3 is 0 Å². The lowest BCUT2D eigenvalue weighted by atomic mass is 9.95. The van der Waals surface area contributed by atoms with E-state index in [4.69, 9.17) is 4.98 Å². The van der Waals surface area contributed by atoms with Gasteiger partial charge in [0.25, 0.3) is 0 Å². The van der Waals surface area contributed by atoms with E-state index in [1.54, 1.807) is 11.8 Å². The van der Waals surface area contributed by atoms with Crippen molar-refractivity contribution in [3.05, 3.63) is 90.1 Å². The molecule has 2 heterocycles. The number of benzene rings is 2. The van der Waals surface area contributed by atoms with Gasteiger partial charge < -0.3 is 0 Å². The molecule has 0 spiro atoms. The fraction of sp³-hybridized carbons (Fsp3) is 0.261. The number of likely N-dealkylation sites (tertiary alicyclic amines) is 1. The maximum atomic E-state index is 4.73. The van der Waals surface area contributed by atoms with Crippen LogP contribution in [0.5, 0.6) is 0 Å². The van der Waals surface area contributed by atoms with E-state index in [1.165, 1.54) is 35.3 Å². The van der Waals surface area contributed by atoms with Gasteiger partial charge in [0.2, 0.25) is 0 Å². The molecule has 1 aromatic heterocycles. The molecule has 3 aromatic rings. The Morgan fingerprint density at radius 1 is 0.885 bits per heavy atom. The maximum Gasteiger partial charge on any atom is 0.105 e. The van der Waals surface area contributed by atoms with E-state index in [9.17, 15) is 0 Å². The Kier molecular flexibility index (Phi) is 5.68. The van der Waals surface area contributed by atoms with Gasteiger partial charge in [0.15, 0.2) is 0 Å². The summed E-state index contributed by atoms with van der Waals surface area (Å²) < 4.78 is 0. The van der Waals surface area contributed by atoms with Crippen LogP contribution in [-0.2, 0) is 6.54 Å². The fourth-order valence-corrected chi connectivity index (χ4v) is 4.64. The van der Waals surface area contributed by atoms with Gasteiger partial charge in [0, 0.05) is 29.2 Å². The molecule has 2 nitrogen and oxygen atoms in total. The molecule has 0 N–H and O–H groups in total. The van der Waals surface area contributed by atoms with E-state index >= 15 is 0 Å². The Labute approximate surface area is 160 Å². The molecule has 3 heteroatoms. The zero-order valence-corrected chi connectivity index (χ0v) is 15.7.